The van der Waals surface area contributed by atoms with Crippen molar-refractivity contribution in [3.63, 3.8) is 0 Å². The van der Waals surface area contributed by atoms with E-state index in [1.165, 1.54) is 17.4 Å². The molecule has 0 spiro atoms. The smallest absolute Gasteiger partial charge is 0.244 e. The number of nitrogens with zero attached hydrogens (tertiary/aromatic N) is 1. The lowest BCUT2D eigenvalue weighted by Crippen LogP contribution is -2.36. The molecule has 0 aliphatic carbocycles. The summed E-state index contributed by atoms with van der Waals surface area (Å²) in [6.45, 7) is 8.16. The number of carbonyl (C=O) groups is 2. The van der Waals surface area contributed by atoms with E-state index in [-0.39, 0.29) is 18.4 Å². The van der Waals surface area contributed by atoms with Crippen molar-refractivity contribution in [3.8, 4) is 5.75 Å². The average molecular weight is 354 g/mol. The van der Waals surface area contributed by atoms with Gasteiger partial charge in [0.1, 0.15) is 12.3 Å². The first-order chi connectivity index (χ1) is 12.4. The summed E-state index contributed by atoms with van der Waals surface area (Å²) in [6, 6.07) is 14.9. The van der Waals surface area contributed by atoms with Gasteiger partial charge in [0.15, 0.2) is 0 Å². The van der Waals surface area contributed by atoms with Gasteiger partial charge in [-0.25, -0.2) is 0 Å². The van der Waals surface area contributed by atoms with Crippen molar-refractivity contribution < 1.29 is 14.3 Å². The van der Waals surface area contributed by atoms with E-state index < -0.39 is 0 Å². The molecule has 0 aliphatic heterocycles. The Morgan fingerprint density at radius 2 is 1.65 bits per heavy atom. The maximum absolute atomic E-state index is 12.4. The lowest BCUT2D eigenvalue weighted by atomic mass is 10.0. The molecule has 2 aromatic rings. The lowest BCUT2D eigenvalue weighted by molar-refractivity contribution is -0.120. The number of amides is 2. The predicted octanol–water partition coefficient (Wildman–Crippen LogP) is 4.20. The van der Waals surface area contributed by atoms with Crippen LogP contribution in [0.3, 0.4) is 0 Å². The van der Waals surface area contributed by atoms with E-state index in [4.69, 9.17) is 4.74 Å². The zero-order valence-electron chi connectivity index (χ0n) is 15.8. The molecule has 0 bridgehead atoms. The second-order valence-electron chi connectivity index (χ2n) is 6.36. The SMILES string of the molecule is CCOc1ccc(NC(=O)CN(C(C)=O)c2ccc(C(C)C)cc2)cc1. The van der Waals surface area contributed by atoms with E-state index in [2.05, 4.69) is 19.2 Å². The molecule has 2 amide bonds. The number of carbonyl (C=O) groups excluding carboxylic acids is 2. The van der Waals surface area contributed by atoms with Crippen LogP contribution in [-0.4, -0.2) is 25.0 Å². The molecule has 26 heavy (non-hydrogen) atoms. The summed E-state index contributed by atoms with van der Waals surface area (Å²) in [6.07, 6.45) is 0. The Morgan fingerprint density at radius 3 is 2.15 bits per heavy atom. The van der Waals surface area contributed by atoms with Crippen molar-refractivity contribution in [2.45, 2.75) is 33.6 Å². The van der Waals surface area contributed by atoms with Gasteiger partial charge >= 0.3 is 0 Å². The van der Waals surface area contributed by atoms with Gasteiger partial charge in [0, 0.05) is 18.3 Å². The molecule has 138 valence electrons. The minimum Gasteiger partial charge on any atom is -0.494 e. The van der Waals surface area contributed by atoms with Crippen LogP contribution in [-0.2, 0) is 9.59 Å². The van der Waals surface area contributed by atoms with Gasteiger partial charge < -0.3 is 15.0 Å². The number of nitrogens with one attached hydrogen (secondary N) is 1. The van der Waals surface area contributed by atoms with Gasteiger partial charge in [-0.3, -0.25) is 9.59 Å². The topological polar surface area (TPSA) is 58.6 Å². The quantitative estimate of drug-likeness (QED) is 0.811. The van der Waals surface area contributed by atoms with Crippen LogP contribution in [0.5, 0.6) is 5.75 Å². The molecule has 0 atom stereocenters. The van der Waals surface area contributed by atoms with Gasteiger partial charge in [-0.05, 0) is 54.8 Å². The van der Waals surface area contributed by atoms with E-state index in [0.717, 1.165) is 5.75 Å². The number of rotatable bonds is 7. The molecule has 1 N–H and O–H groups in total. The number of benzene rings is 2. The van der Waals surface area contributed by atoms with E-state index in [1.54, 1.807) is 24.3 Å². The number of ether oxygens (including phenoxy) is 1. The fourth-order valence-corrected chi connectivity index (χ4v) is 2.57. The molecule has 0 radical (unpaired) electrons. The van der Waals surface area contributed by atoms with Crippen LogP contribution in [0.15, 0.2) is 48.5 Å². The molecular formula is C21H26N2O3. The highest BCUT2D eigenvalue weighted by Gasteiger charge is 2.16. The molecular weight excluding hydrogens is 328 g/mol. The molecule has 0 aliphatic rings. The Balaban J connectivity index is 2.04. The van der Waals surface area contributed by atoms with Crippen LogP contribution < -0.4 is 15.0 Å². The van der Waals surface area contributed by atoms with Crippen molar-refractivity contribution in [2.75, 3.05) is 23.4 Å². The Bertz CT molecular complexity index is 737. The Morgan fingerprint density at radius 1 is 1.04 bits per heavy atom. The summed E-state index contributed by atoms with van der Waals surface area (Å²) in [5, 5.41) is 2.81. The first kappa shape index (κ1) is 19.5. The number of hydrogen-bond acceptors (Lipinski definition) is 3. The normalized spacial score (nSPS) is 10.5. The second-order valence-corrected chi connectivity index (χ2v) is 6.36. The summed E-state index contributed by atoms with van der Waals surface area (Å²) in [5.74, 6) is 0.736. The molecule has 5 heteroatoms. The molecule has 0 saturated carbocycles. The zero-order chi connectivity index (χ0) is 19.1. The molecule has 2 aromatic carbocycles. The van der Waals surface area contributed by atoms with Gasteiger partial charge in [0.25, 0.3) is 0 Å². The maximum Gasteiger partial charge on any atom is 0.244 e. The fourth-order valence-electron chi connectivity index (χ4n) is 2.57. The molecule has 0 saturated heterocycles. The van der Waals surface area contributed by atoms with Crippen molar-refractivity contribution in [2.24, 2.45) is 0 Å². The van der Waals surface area contributed by atoms with Crippen molar-refractivity contribution >= 4 is 23.2 Å². The van der Waals surface area contributed by atoms with Crippen LogP contribution in [0.1, 0.15) is 39.2 Å². The van der Waals surface area contributed by atoms with Gasteiger partial charge in [-0.15, -0.1) is 0 Å². The van der Waals surface area contributed by atoms with Crippen LogP contribution in [0.2, 0.25) is 0 Å². The van der Waals surface area contributed by atoms with Crippen LogP contribution in [0.4, 0.5) is 11.4 Å². The molecule has 0 unspecified atom stereocenters. The van der Waals surface area contributed by atoms with Crippen molar-refractivity contribution in [1.29, 1.82) is 0 Å². The summed E-state index contributed by atoms with van der Waals surface area (Å²) in [7, 11) is 0. The third-order valence-corrected chi connectivity index (χ3v) is 4.00. The summed E-state index contributed by atoms with van der Waals surface area (Å²) in [5.41, 5.74) is 2.57. The monoisotopic (exact) mass is 354 g/mol. The Labute approximate surface area is 155 Å². The first-order valence-corrected chi connectivity index (χ1v) is 8.81. The third-order valence-electron chi connectivity index (χ3n) is 4.00. The number of hydrogen-bond donors (Lipinski definition) is 1. The van der Waals surface area contributed by atoms with Crippen molar-refractivity contribution in [1.82, 2.24) is 0 Å². The van der Waals surface area contributed by atoms with E-state index in [0.29, 0.717) is 23.9 Å². The Kier molecular flexibility index (Phi) is 6.78. The second kappa shape index (κ2) is 9.04. The fraction of sp³-hybridized carbons (Fsp3) is 0.333. The summed E-state index contributed by atoms with van der Waals surface area (Å²) in [4.78, 5) is 25.8. The van der Waals surface area contributed by atoms with Crippen molar-refractivity contribution in [3.05, 3.63) is 54.1 Å². The molecule has 2 rings (SSSR count). The Hall–Kier alpha value is -2.82. The molecule has 0 fully saturated rings. The molecule has 5 nitrogen and oxygen atoms in total. The van der Waals surface area contributed by atoms with Crippen LogP contribution >= 0.6 is 0 Å². The first-order valence-electron chi connectivity index (χ1n) is 8.81. The highest BCUT2D eigenvalue weighted by Crippen LogP contribution is 2.21. The van der Waals surface area contributed by atoms with Gasteiger partial charge in [0.2, 0.25) is 11.8 Å². The largest absolute Gasteiger partial charge is 0.494 e. The number of anilines is 2. The van der Waals surface area contributed by atoms with Crippen LogP contribution in [0, 0.1) is 0 Å². The van der Waals surface area contributed by atoms with E-state index in [9.17, 15) is 9.59 Å². The summed E-state index contributed by atoms with van der Waals surface area (Å²) < 4.78 is 5.38. The van der Waals surface area contributed by atoms with Gasteiger partial charge in [0.05, 0.1) is 6.61 Å². The third kappa shape index (κ3) is 5.34. The highest BCUT2D eigenvalue weighted by atomic mass is 16.5. The minimum atomic E-state index is -0.253. The van der Waals surface area contributed by atoms with Gasteiger partial charge in [-0.1, -0.05) is 26.0 Å². The standard InChI is InChI=1S/C21H26N2O3/c1-5-26-20-12-8-18(9-13-20)22-21(25)14-23(16(4)24)19-10-6-17(7-11-19)15(2)3/h6-13,15H,5,14H2,1-4H3,(H,22,25). The van der Waals surface area contributed by atoms with E-state index >= 15 is 0 Å². The van der Waals surface area contributed by atoms with Gasteiger partial charge in [-0.2, -0.15) is 0 Å². The lowest BCUT2D eigenvalue weighted by Gasteiger charge is -2.21. The predicted molar refractivity (Wildman–Crippen MR) is 105 cm³/mol. The zero-order valence-corrected chi connectivity index (χ0v) is 15.8. The van der Waals surface area contributed by atoms with Crippen LogP contribution in [0.25, 0.3) is 0 Å². The maximum atomic E-state index is 12.4. The summed E-state index contributed by atoms with van der Waals surface area (Å²) >= 11 is 0. The molecule has 0 heterocycles. The highest BCUT2D eigenvalue weighted by molar-refractivity contribution is 6.01. The molecule has 0 aromatic heterocycles. The average Bonchev–Trinajstić information content (AvgIpc) is 2.61. The van der Waals surface area contributed by atoms with E-state index in [1.807, 2.05) is 31.2 Å². The minimum absolute atomic E-state index is 0.0381.